The van der Waals surface area contributed by atoms with E-state index in [0.717, 1.165) is 17.5 Å². The first-order valence-corrected chi connectivity index (χ1v) is 8.23. The van der Waals surface area contributed by atoms with Crippen LogP contribution < -0.4 is 0 Å². The molecule has 3 rings (SSSR count). The Morgan fingerprint density at radius 3 is 2.39 bits per heavy atom. The normalized spacial score (nSPS) is 19.7. The van der Waals surface area contributed by atoms with Gasteiger partial charge in [0.1, 0.15) is 5.82 Å². The van der Waals surface area contributed by atoms with Crippen molar-refractivity contribution in [1.82, 2.24) is 4.90 Å². The van der Waals surface area contributed by atoms with Crippen molar-refractivity contribution in [3.05, 3.63) is 70.5 Å². The van der Waals surface area contributed by atoms with Gasteiger partial charge in [0.15, 0.2) is 0 Å². The maximum absolute atomic E-state index is 13.0. The van der Waals surface area contributed by atoms with Crippen LogP contribution in [0.25, 0.3) is 0 Å². The van der Waals surface area contributed by atoms with Gasteiger partial charge in [-0.2, -0.15) is 0 Å². The number of carbonyl (C=O) groups excluding carboxylic acids is 1. The monoisotopic (exact) mass is 331 g/mol. The molecule has 1 heterocycles. The summed E-state index contributed by atoms with van der Waals surface area (Å²) in [6.45, 7) is 2.75. The second-order valence-corrected chi connectivity index (χ2v) is 6.49. The molecule has 0 N–H and O–H groups in total. The van der Waals surface area contributed by atoms with Crippen molar-refractivity contribution in [3.8, 4) is 0 Å². The molecule has 1 saturated heterocycles. The molecule has 2 atom stereocenters. The fourth-order valence-corrected chi connectivity index (χ4v) is 3.33. The van der Waals surface area contributed by atoms with Gasteiger partial charge in [0, 0.05) is 18.0 Å². The molecule has 23 heavy (non-hydrogen) atoms. The van der Waals surface area contributed by atoms with Gasteiger partial charge in [0.25, 0.3) is 0 Å². The lowest BCUT2D eigenvalue weighted by molar-refractivity contribution is -0.136. The number of carbonyl (C=O) groups is 1. The predicted octanol–water partition coefficient (Wildman–Crippen LogP) is 4.95. The SMILES string of the molecule is CC(c1ccc(Cl)cc1)N1CCC(c2ccc(F)cc2)CC1=O. The van der Waals surface area contributed by atoms with Gasteiger partial charge >= 0.3 is 0 Å². The zero-order valence-electron chi connectivity index (χ0n) is 13.0. The van der Waals surface area contributed by atoms with E-state index in [1.807, 2.05) is 36.1 Å². The van der Waals surface area contributed by atoms with Crippen molar-refractivity contribution in [2.24, 2.45) is 0 Å². The first-order valence-electron chi connectivity index (χ1n) is 7.85. The van der Waals surface area contributed by atoms with Crippen LogP contribution in [0.2, 0.25) is 5.02 Å². The van der Waals surface area contributed by atoms with Gasteiger partial charge in [-0.05, 0) is 54.7 Å². The first-order chi connectivity index (χ1) is 11.0. The lowest BCUT2D eigenvalue weighted by Gasteiger charge is -2.36. The summed E-state index contributed by atoms with van der Waals surface area (Å²) in [5.74, 6) is 0.0821. The van der Waals surface area contributed by atoms with E-state index in [4.69, 9.17) is 11.6 Å². The largest absolute Gasteiger partial charge is 0.336 e. The molecule has 2 nitrogen and oxygen atoms in total. The molecule has 2 unspecified atom stereocenters. The van der Waals surface area contributed by atoms with Gasteiger partial charge in [0.05, 0.1) is 6.04 Å². The Labute approximate surface area is 140 Å². The Morgan fingerprint density at radius 1 is 1.13 bits per heavy atom. The van der Waals surface area contributed by atoms with Gasteiger partial charge in [-0.25, -0.2) is 4.39 Å². The minimum atomic E-state index is -0.242. The van der Waals surface area contributed by atoms with Crippen molar-refractivity contribution >= 4 is 17.5 Å². The minimum Gasteiger partial charge on any atom is -0.336 e. The fraction of sp³-hybridized carbons (Fsp3) is 0.316. The van der Waals surface area contributed by atoms with Crippen LogP contribution in [0, 0.1) is 5.82 Å². The number of amides is 1. The van der Waals surface area contributed by atoms with E-state index >= 15 is 0 Å². The van der Waals surface area contributed by atoms with Crippen LogP contribution in [0.15, 0.2) is 48.5 Å². The van der Waals surface area contributed by atoms with Crippen LogP contribution >= 0.6 is 11.6 Å². The quantitative estimate of drug-likeness (QED) is 0.779. The number of benzene rings is 2. The molecule has 4 heteroatoms. The summed E-state index contributed by atoms with van der Waals surface area (Å²) in [6.07, 6.45) is 1.37. The summed E-state index contributed by atoms with van der Waals surface area (Å²) in [4.78, 5) is 14.5. The molecule has 1 fully saturated rings. The van der Waals surface area contributed by atoms with Gasteiger partial charge in [-0.15, -0.1) is 0 Å². The molecule has 1 amide bonds. The molecule has 0 aliphatic carbocycles. The minimum absolute atomic E-state index is 0.0361. The molecule has 1 aliphatic rings. The molecule has 2 aromatic rings. The van der Waals surface area contributed by atoms with Gasteiger partial charge in [-0.3, -0.25) is 4.79 Å². The summed E-state index contributed by atoms with van der Waals surface area (Å²) in [5.41, 5.74) is 2.13. The number of hydrogen-bond donors (Lipinski definition) is 0. The Hall–Kier alpha value is -1.87. The smallest absolute Gasteiger partial charge is 0.223 e. The van der Waals surface area contributed by atoms with Crippen LogP contribution in [-0.2, 0) is 4.79 Å². The number of halogens is 2. The molecule has 0 bridgehead atoms. The van der Waals surface area contributed by atoms with Crippen molar-refractivity contribution in [3.63, 3.8) is 0 Å². The lowest BCUT2D eigenvalue weighted by Crippen LogP contribution is -2.39. The van der Waals surface area contributed by atoms with Crippen LogP contribution in [0.5, 0.6) is 0 Å². The predicted molar refractivity (Wildman–Crippen MR) is 90.0 cm³/mol. The van der Waals surface area contributed by atoms with Crippen LogP contribution in [0.3, 0.4) is 0 Å². The molecular weight excluding hydrogens is 313 g/mol. The third-order valence-corrected chi connectivity index (χ3v) is 4.87. The second-order valence-electron chi connectivity index (χ2n) is 6.06. The molecule has 120 valence electrons. The van der Waals surface area contributed by atoms with Crippen LogP contribution in [0.4, 0.5) is 4.39 Å². The first kappa shape index (κ1) is 16.0. The van der Waals surface area contributed by atoms with E-state index < -0.39 is 0 Å². The third-order valence-electron chi connectivity index (χ3n) is 4.62. The molecule has 0 radical (unpaired) electrons. The Bertz CT molecular complexity index is 684. The molecule has 1 aliphatic heterocycles. The van der Waals surface area contributed by atoms with Crippen molar-refractivity contribution in [2.45, 2.75) is 31.7 Å². The van der Waals surface area contributed by atoms with E-state index in [-0.39, 0.29) is 23.7 Å². The van der Waals surface area contributed by atoms with E-state index in [1.165, 1.54) is 12.1 Å². The van der Waals surface area contributed by atoms with E-state index in [1.54, 1.807) is 12.1 Å². The van der Waals surface area contributed by atoms with Crippen molar-refractivity contribution in [1.29, 1.82) is 0 Å². The third kappa shape index (κ3) is 3.56. The molecule has 0 aromatic heterocycles. The Morgan fingerprint density at radius 2 is 1.78 bits per heavy atom. The molecule has 0 saturated carbocycles. The molecular formula is C19H19ClFNO. The Kier molecular flexibility index (Phi) is 4.67. The summed E-state index contributed by atoms with van der Waals surface area (Å²) in [6, 6.07) is 14.2. The number of piperidine rings is 1. The maximum atomic E-state index is 13.0. The maximum Gasteiger partial charge on any atom is 0.223 e. The van der Waals surface area contributed by atoms with E-state index in [2.05, 4.69) is 0 Å². The highest BCUT2D eigenvalue weighted by Crippen LogP contribution is 2.33. The standard InChI is InChI=1S/C19H19ClFNO/c1-13(14-2-6-17(20)7-3-14)22-11-10-16(12-19(22)23)15-4-8-18(21)9-5-15/h2-9,13,16H,10-12H2,1H3. The lowest BCUT2D eigenvalue weighted by atomic mass is 9.88. The fourth-order valence-electron chi connectivity index (χ4n) is 3.20. The molecule has 2 aromatic carbocycles. The summed E-state index contributed by atoms with van der Waals surface area (Å²) >= 11 is 5.92. The van der Waals surface area contributed by atoms with Crippen molar-refractivity contribution in [2.75, 3.05) is 6.54 Å². The van der Waals surface area contributed by atoms with Gasteiger partial charge < -0.3 is 4.90 Å². The van der Waals surface area contributed by atoms with Crippen LogP contribution in [0.1, 0.15) is 42.9 Å². The number of hydrogen-bond acceptors (Lipinski definition) is 1. The highest BCUT2D eigenvalue weighted by atomic mass is 35.5. The van der Waals surface area contributed by atoms with Crippen LogP contribution in [-0.4, -0.2) is 17.4 Å². The summed E-state index contributed by atoms with van der Waals surface area (Å²) in [7, 11) is 0. The Balaban J connectivity index is 1.70. The zero-order chi connectivity index (χ0) is 16.4. The average Bonchev–Trinajstić information content (AvgIpc) is 2.55. The zero-order valence-corrected chi connectivity index (χ0v) is 13.8. The van der Waals surface area contributed by atoms with E-state index in [9.17, 15) is 9.18 Å². The topological polar surface area (TPSA) is 20.3 Å². The summed E-state index contributed by atoms with van der Waals surface area (Å²) in [5, 5.41) is 0.697. The van der Waals surface area contributed by atoms with Crippen molar-refractivity contribution < 1.29 is 9.18 Å². The second kappa shape index (κ2) is 6.71. The number of nitrogens with zero attached hydrogens (tertiary/aromatic N) is 1. The van der Waals surface area contributed by atoms with Gasteiger partial charge in [-0.1, -0.05) is 35.9 Å². The number of likely N-dealkylation sites (tertiary alicyclic amines) is 1. The highest BCUT2D eigenvalue weighted by molar-refractivity contribution is 6.30. The highest BCUT2D eigenvalue weighted by Gasteiger charge is 2.30. The number of rotatable bonds is 3. The van der Waals surface area contributed by atoms with E-state index in [0.29, 0.717) is 18.0 Å². The molecule has 0 spiro atoms. The van der Waals surface area contributed by atoms with Gasteiger partial charge in [0.2, 0.25) is 5.91 Å². The summed E-state index contributed by atoms with van der Waals surface area (Å²) < 4.78 is 13.0. The average molecular weight is 332 g/mol.